The van der Waals surface area contributed by atoms with Crippen LogP contribution in [0.1, 0.15) is 45.7 Å². The summed E-state index contributed by atoms with van der Waals surface area (Å²) < 4.78 is 17.1. The van der Waals surface area contributed by atoms with Crippen LogP contribution in [-0.4, -0.2) is 32.0 Å². The van der Waals surface area contributed by atoms with E-state index in [4.69, 9.17) is 14.2 Å². The monoisotopic (exact) mass is 293 g/mol. The Hall–Kier alpha value is -1.26. The molecule has 4 heteroatoms. The van der Waals surface area contributed by atoms with E-state index in [9.17, 15) is 0 Å². The number of nitrogens with one attached hydrogen (secondary N) is 1. The average Bonchev–Trinajstić information content (AvgIpc) is 2.42. The predicted octanol–water partition coefficient (Wildman–Crippen LogP) is 3.31. The lowest BCUT2D eigenvalue weighted by Gasteiger charge is -2.38. The Bertz CT molecular complexity index is 459. The molecule has 1 N–H and O–H groups in total. The molecule has 0 bridgehead atoms. The van der Waals surface area contributed by atoms with Gasteiger partial charge < -0.3 is 19.5 Å². The van der Waals surface area contributed by atoms with Crippen LogP contribution in [0.3, 0.4) is 0 Å². The first-order valence-electron chi connectivity index (χ1n) is 7.82. The third-order valence-corrected chi connectivity index (χ3v) is 3.59. The molecule has 0 aromatic heterocycles. The Labute approximate surface area is 127 Å². The lowest BCUT2D eigenvalue weighted by Crippen LogP contribution is -2.39. The van der Waals surface area contributed by atoms with E-state index in [1.807, 2.05) is 19.1 Å². The predicted molar refractivity (Wildman–Crippen MR) is 84.2 cm³/mol. The van der Waals surface area contributed by atoms with Crippen molar-refractivity contribution in [1.82, 2.24) is 5.32 Å². The average molecular weight is 293 g/mol. The zero-order valence-corrected chi connectivity index (χ0v) is 13.6. The molecule has 0 radical (unpaired) electrons. The molecule has 118 valence electrons. The highest BCUT2D eigenvalue weighted by molar-refractivity contribution is 5.44. The van der Waals surface area contributed by atoms with E-state index < -0.39 is 0 Å². The van der Waals surface area contributed by atoms with Gasteiger partial charge in [-0.3, -0.25) is 0 Å². The summed E-state index contributed by atoms with van der Waals surface area (Å²) in [5, 5.41) is 3.53. The van der Waals surface area contributed by atoms with Gasteiger partial charge in [-0.1, -0.05) is 13.0 Å². The smallest absolute Gasteiger partial charge is 0.128 e. The number of fused-ring (bicyclic) bond motifs is 1. The lowest BCUT2D eigenvalue weighted by molar-refractivity contribution is 0.0656. The van der Waals surface area contributed by atoms with E-state index in [1.165, 1.54) is 5.56 Å². The maximum Gasteiger partial charge on any atom is 0.128 e. The van der Waals surface area contributed by atoms with Crippen LogP contribution < -0.4 is 14.8 Å². The molecule has 1 unspecified atom stereocenters. The summed E-state index contributed by atoms with van der Waals surface area (Å²) >= 11 is 0. The molecule has 0 amide bonds. The van der Waals surface area contributed by atoms with Crippen LogP contribution in [0, 0.1) is 0 Å². The van der Waals surface area contributed by atoms with Gasteiger partial charge in [0.2, 0.25) is 0 Å². The van der Waals surface area contributed by atoms with Crippen LogP contribution in [0.25, 0.3) is 0 Å². The molecule has 2 rings (SSSR count). The van der Waals surface area contributed by atoms with Crippen LogP contribution in [0.4, 0.5) is 0 Å². The summed E-state index contributed by atoms with van der Waals surface area (Å²) in [4.78, 5) is 0. The van der Waals surface area contributed by atoms with Gasteiger partial charge in [0.25, 0.3) is 0 Å². The third-order valence-electron chi connectivity index (χ3n) is 3.59. The van der Waals surface area contributed by atoms with Crippen molar-refractivity contribution in [2.75, 3.05) is 26.4 Å². The first-order chi connectivity index (χ1) is 10.1. The number of benzene rings is 1. The van der Waals surface area contributed by atoms with Crippen molar-refractivity contribution < 1.29 is 14.2 Å². The molecule has 1 aromatic rings. The largest absolute Gasteiger partial charge is 0.491 e. The highest BCUT2D eigenvalue weighted by Gasteiger charge is 2.33. The second kappa shape index (κ2) is 7.14. The van der Waals surface area contributed by atoms with Crippen LogP contribution in [0.5, 0.6) is 11.5 Å². The number of ether oxygens (including phenoxy) is 3. The molecule has 0 aliphatic carbocycles. The molecule has 1 heterocycles. The van der Waals surface area contributed by atoms with Crippen molar-refractivity contribution in [3.8, 4) is 11.5 Å². The molecule has 0 saturated heterocycles. The van der Waals surface area contributed by atoms with E-state index in [2.05, 4.69) is 32.2 Å². The minimum absolute atomic E-state index is 0.163. The summed E-state index contributed by atoms with van der Waals surface area (Å²) in [6, 6.07) is 6.45. The molecule has 1 aliphatic heterocycles. The van der Waals surface area contributed by atoms with Crippen LogP contribution in [0.15, 0.2) is 18.2 Å². The van der Waals surface area contributed by atoms with Crippen LogP contribution >= 0.6 is 0 Å². The Morgan fingerprint density at radius 1 is 1.29 bits per heavy atom. The van der Waals surface area contributed by atoms with E-state index in [-0.39, 0.29) is 5.60 Å². The van der Waals surface area contributed by atoms with E-state index in [0.717, 1.165) is 31.1 Å². The fraction of sp³-hybridized carbons (Fsp3) is 0.647. The minimum atomic E-state index is -0.163. The van der Waals surface area contributed by atoms with Gasteiger partial charge in [-0.15, -0.1) is 0 Å². The van der Waals surface area contributed by atoms with Gasteiger partial charge in [0.15, 0.2) is 0 Å². The molecule has 1 aliphatic rings. The van der Waals surface area contributed by atoms with Gasteiger partial charge in [-0.05, 0) is 33.4 Å². The maximum absolute atomic E-state index is 6.11. The SMILES string of the molecule is CCNC1CC(C)(C)Oc2cc(OCCOCC)ccc21. The van der Waals surface area contributed by atoms with Crippen LogP contribution in [-0.2, 0) is 4.74 Å². The van der Waals surface area contributed by atoms with Crippen molar-refractivity contribution in [3.63, 3.8) is 0 Å². The number of hydrogen-bond donors (Lipinski definition) is 1. The first-order valence-corrected chi connectivity index (χ1v) is 7.82. The van der Waals surface area contributed by atoms with E-state index in [0.29, 0.717) is 19.3 Å². The molecule has 21 heavy (non-hydrogen) atoms. The quantitative estimate of drug-likeness (QED) is 0.783. The Morgan fingerprint density at radius 3 is 2.81 bits per heavy atom. The van der Waals surface area contributed by atoms with Crippen molar-refractivity contribution in [2.24, 2.45) is 0 Å². The van der Waals surface area contributed by atoms with Gasteiger partial charge in [-0.25, -0.2) is 0 Å². The topological polar surface area (TPSA) is 39.7 Å². The zero-order chi connectivity index (χ0) is 15.3. The summed E-state index contributed by atoms with van der Waals surface area (Å²) in [6.07, 6.45) is 0.971. The van der Waals surface area contributed by atoms with E-state index >= 15 is 0 Å². The Balaban J connectivity index is 2.10. The normalized spacial score (nSPS) is 19.7. The molecule has 1 aromatic carbocycles. The fourth-order valence-electron chi connectivity index (χ4n) is 2.71. The molecule has 4 nitrogen and oxygen atoms in total. The number of rotatable bonds is 7. The van der Waals surface area contributed by atoms with Gasteiger partial charge >= 0.3 is 0 Å². The van der Waals surface area contributed by atoms with Gasteiger partial charge in [0, 0.05) is 30.7 Å². The molecule has 0 fully saturated rings. The van der Waals surface area contributed by atoms with Gasteiger partial charge in [0.05, 0.1) is 6.61 Å². The summed E-state index contributed by atoms with van der Waals surface area (Å²) in [5.41, 5.74) is 1.05. The van der Waals surface area contributed by atoms with Crippen molar-refractivity contribution in [3.05, 3.63) is 23.8 Å². The highest BCUT2D eigenvalue weighted by Crippen LogP contribution is 2.41. The molecule has 0 saturated carbocycles. The van der Waals surface area contributed by atoms with E-state index in [1.54, 1.807) is 0 Å². The van der Waals surface area contributed by atoms with Crippen molar-refractivity contribution in [2.45, 2.75) is 45.8 Å². The minimum Gasteiger partial charge on any atom is -0.491 e. The van der Waals surface area contributed by atoms with Crippen molar-refractivity contribution >= 4 is 0 Å². The molecular formula is C17H27NO3. The van der Waals surface area contributed by atoms with Gasteiger partial charge in [-0.2, -0.15) is 0 Å². The molecular weight excluding hydrogens is 266 g/mol. The maximum atomic E-state index is 6.11. The zero-order valence-electron chi connectivity index (χ0n) is 13.6. The van der Waals surface area contributed by atoms with Gasteiger partial charge in [0.1, 0.15) is 23.7 Å². The highest BCUT2D eigenvalue weighted by atomic mass is 16.5. The second-order valence-electron chi connectivity index (χ2n) is 5.92. The second-order valence-corrected chi connectivity index (χ2v) is 5.92. The first kappa shape index (κ1) is 16.1. The Kier molecular flexibility index (Phi) is 5.48. The standard InChI is InChI=1S/C17H27NO3/c1-5-18-15-12-17(3,4)21-16-11-13(7-8-14(15)16)20-10-9-19-6-2/h7-8,11,15,18H,5-6,9-10,12H2,1-4H3. The van der Waals surface area contributed by atoms with Crippen molar-refractivity contribution in [1.29, 1.82) is 0 Å². The summed E-state index contributed by atoms with van der Waals surface area (Å²) in [6.45, 7) is 11.2. The lowest BCUT2D eigenvalue weighted by atomic mass is 9.89. The third kappa shape index (κ3) is 4.35. The molecule has 1 atom stereocenters. The Morgan fingerprint density at radius 2 is 2.10 bits per heavy atom. The fourth-order valence-corrected chi connectivity index (χ4v) is 2.71. The number of hydrogen-bond acceptors (Lipinski definition) is 4. The van der Waals surface area contributed by atoms with Crippen LogP contribution in [0.2, 0.25) is 0 Å². The summed E-state index contributed by atoms with van der Waals surface area (Å²) in [7, 11) is 0. The summed E-state index contributed by atoms with van der Waals surface area (Å²) in [5.74, 6) is 1.76. The molecule has 0 spiro atoms.